The second-order valence-corrected chi connectivity index (χ2v) is 7.53. The molecule has 3 unspecified atom stereocenters. The summed E-state index contributed by atoms with van der Waals surface area (Å²) in [4.78, 5) is 0. The third-order valence-electron chi connectivity index (χ3n) is 5.34. The van der Waals surface area contributed by atoms with Crippen molar-refractivity contribution in [1.29, 1.82) is 0 Å². The SMILES string of the molecule is CC1CCC(NC2CC(c3cccc(Cl)c3)C2)C(C)C1. The largest absolute Gasteiger partial charge is 0.311 e. The fraction of sp³-hybridized carbons (Fsp3) is 0.667. The molecule has 1 N–H and O–H groups in total. The van der Waals surface area contributed by atoms with E-state index in [4.69, 9.17) is 11.6 Å². The zero-order valence-corrected chi connectivity index (χ0v) is 13.4. The molecule has 2 aliphatic rings. The first-order valence-electron chi connectivity index (χ1n) is 8.13. The number of hydrogen-bond donors (Lipinski definition) is 1. The second kappa shape index (κ2) is 6.07. The lowest BCUT2D eigenvalue weighted by molar-refractivity contribution is 0.176. The molecule has 1 nitrogen and oxygen atoms in total. The van der Waals surface area contributed by atoms with Crippen molar-refractivity contribution in [3.8, 4) is 0 Å². The third-order valence-corrected chi connectivity index (χ3v) is 5.57. The summed E-state index contributed by atoms with van der Waals surface area (Å²) in [7, 11) is 0. The molecule has 2 aliphatic carbocycles. The topological polar surface area (TPSA) is 12.0 Å². The molecule has 110 valence electrons. The highest BCUT2D eigenvalue weighted by atomic mass is 35.5. The molecule has 1 aromatic carbocycles. The van der Waals surface area contributed by atoms with E-state index in [2.05, 4.69) is 37.4 Å². The van der Waals surface area contributed by atoms with Gasteiger partial charge in [-0.3, -0.25) is 0 Å². The van der Waals surface area contributed by atoms with E-state index >= 15 is 0 Å². The van der Waals surface area contributed by atoms with E-state index in [1.807, 2.05) is 6.07 Å². The van der Waals surface area contributed by atoms with Gasteiger partial charge in [0.05, 0.1) is 0 Å². The first kappa shape index (κ1) is 14.4. The Morgan fingerprint density at radius 2 is 1.90 bits per heavy atom. The second-order valence-electron chi connectivity index (χ2n) is 7.09. The van der Waals surface area contributed by atoms with Crippen LogP contribution in [-0.2, 0) is 0 Å². The quantitative estimate of drug-likeness (QED) is 0.826. The van der Waals surface area contributed by atoms with Crippen LogP contribution in [0.3, 0.4) is 0 Å². The Morgan fingerprint density at radius 1 is 1.10 bits per heavy atom. The van der Waals surface area contributed by atoms with E-state index in [0.29, 0.717) is 5.92 Å². The van der Waals surface area contributed by atoms with Gasteiger partial charge in [0.2, 0.25) is 0 Å². The highest BCUT2D eigenvalue weighted by molar-refractivity contribution is 6.30. The molecule has 0 bridgehead atoms. The lowest BCUT2D eigenvalue weighted by Gasteiger charge is -2.42. The van der Waals surface area contributed by atoms with Crippen LogP contribution in [0.25, 0.3) is 0 Å². The summed E-state index contributed by atoms with van der Waals surface area (Å²) < 4.78 is 0. The highest BCUT2D eigenvalue weighted by Gasteiger charge is 2.34. The summed E-state index contributed by atoms with van der Waals surface area (Å²) in [6, 6.07) is 9.86. The van der Waals surface area contributed by atoms with Crippen LogP contribution in [0.2, 0.25) is 5.02 Å². The van der Waals surface area contributed by atoms with Crippen LogP contribution >= 0.6 is 11.6 Å². The molecule has 0 radical (unpaired) electrons. The molecule has 0 amide bonds. The minimum atomic E-state index is 0.712. The zero-order valence-electron chi connectivity index (χ0n) is 12.6. The average molecular weight is 292 g/mol. The van der Waals surface area contributed by atoms with Crippen LogP contribution in [0.1, 0.15) is 57.4 Å². The summed E-state index contributed by atoms with van der Waals surface area (Å²) in [6.07, 6.45) is 6.70. The molecule has 0 aromatic heterocycles. The zero-order chi connectivity index (χ0) is 14.1. The van der Waals surface area contributed by atoms with Crippen molar-refractivity contribution in [1.82, 2.24) is 5.32 Å². The monoisotopic (exact) mass is 291 g/mol. The molecular weight excluding hydrogens is 266 g/mol. The van der Waals surface area contributed by atoms with Gasteiger partial charge in [0.1, 0.15) is 0 Å². The van der Waals surface area contributed by atoms with Gasteiger partial charge in [-0.25, -0.2) is 0 Å². The maximum Gasteiger partial charge on any atom is 0.0408 e. The molecule has 3 rings (SSSR count). The Kier molecular flexibility index (Phi) is 4.37. The summed E-state index contributed by atoms with van der Waals surface area (Å²) in [5, 5.41) is 4.78. The maximum absolute atomic E-state index is 6.08. The molecule has 2 heteroatoms. The number of benzene rings is 1. The van der Waals surface area contributed by atoms with E-state index in [-0.39, 0.29) is 0 Å². The van der Waals surface area contributed by atoms with E-state index in [0.717, 1.165) is 28.9 Å². The molecule has 3 atom stereocenters. The van der Waals surface area contributed by atoms with Gasteiger partial charge < -0.3 is 5.32 Å². The Morgan fingerprint density at radius 3 is 2.60 bits per heavy atom. The minimum Gasteiger partial charge on any atom is -0.311 e. The van der Waals surface area contributed by atoms with Gasteiger partial charge in [-0.1, -0.05) is 37.6 Å². The molecule has 2 fully saturated rings. The maximum atomic E-state index is 6.08. The van der Waals surface area contributed by atoms with E-state index in [9.17, 15) is 0 Å². The van der Waals surface area contributed by atoms with Crippen molar-refractivity contribution in [2.45, 2.75) is 64.0 Å². The highest BCUT2D eigenvalue weighted by Crippen LogP contribution is 2.39. The van der Waals surface area contributed by atoms with Crippen molar-refractivity contribution in [2.75, 3.05) is 0 Å². The van der Waals surface area contributed by atoms with Gasteiger partial charge in [-0.05, 0) is 67.6 Å². The van der Waals surface area contributed by atoms with Gasteiger partial charge in [0.25, 0.3) is 0 Å². The first-order chi connectivity index (χ1) is 9.61. The van der Waals surface area contributed by atoms with Crippen molar-refractivity contribution in [3.63, 3.8) is 0 Å². The Hall–Kier alpha value is -0.530. The van der Waals surface area contributed by atoms with E-state index in [1.165, 1.54) is 37.7 Å². The van der Waals surface area contributed by atoms with Gasteiger partial charge in [0, 0.05) is 17.1 Å². The molecular formula is C18H26ClN. The number of halogens is 1. The fourth-order valence-corrected chi connectivity index (χ4v) is 4.20. The molecule has 0 spiro atoms. The Balaban J connectivity index is 1.49. The molecule has 0 aliphatic heterocycles. The summed E-state index contributed by atoms with van der Waals surface area (Å²) in [5.74, 6) is 2.47. The van der Waals surface area contributed by atoms with Crippen LogP contribution in [-0.4, -0.2) is 12.1 Å². The lowest BCUT2D eigenvalue weighted by Crippen LogP contribution is -2.49. The molecule has 0 saturated heterocycles. The predicted octanol–water partition coefficient (Wildman–Crippen LogP) is 5.00. The van der Waals surface area contributed by atoms with Crippen LogP contribution < -0.4 is 5.32 Å². The number of rotatable bonds is 3. The van der Waals surface area contributed by atoms with Crippen LogP contribution in [0.5, 0.6) is 0 Å². The molecule has 2 saturated carbocycles. The number of nitrogens with one attached hydrogen (secondary N) is 1. The standard InChI is InChI=1S/C18H26ClN/c1-12-6-7-18(13(2)8-12)20-17-10-15(11-17)14-4-3-5-16(19)9-14/h3-5,9,12-13,15,17-18,20H,6-8,10-11H2,1-2H3. The van der Waals surface area contributed by atoms with Crippen molar-refractivity contribution >= 4 is 11.6 Å². The average Bonchev–Trinajstić information content (AvgIpc) is 2.35. The predicted molar refractivity (Wildman–Crippen MR) is 86.3 cm³/mol. The fourth-order valence-electron chi connectivity index (χ4n) is 4.00. The third kappa shape index (κ3) is 3.20. The van der Waals surface area contributed by atoms with Gasteiger partial charge in [-0.2, -0.15) is 0 Å². The Labute approximate surface area is 128 Å². The summed E-state index contributed by atoms with van der Waals surface area (Å²) in [5.41, 5.74) is 1.42. The minimum absolute atomic E-state index is 0.712. The lowest BCUT2D eigenvalue weighted by atomic mass is 9.73. The van der Waals surface area contributed by atoms with Crippen LogP contribution in [0.15, 0.2) is 24.3 Å². The molecule has 0 heterocycles. The number of hydrogen-bond acceptors (Lipinski definition) is 1. The van der Waals surface area contributed by atoms with E-state index in [1.54, 1.807) is 0 Å². The van der Waals surface area contributed by atoms with Crippen molar-refractivity contribution in [2.24, 2.45) is 11.8 Å². The van der Waals surface area contributed by atoms with Gasteiger partial charge in [0.15, 0.2) is 0 Å². The van der Waals surface area contributed by atoms with Gasteiger partial charge >= 0.3 is 0 Å². The van der Waals surface area contributed by atoms with Crippen molar-refractivity contribution < 1.29 is 0 Å². The van der Waals surface area contributed by atoms with Crippen LogP contribution in [0.4, 0.5) is 0 Å². The summed E-state index contributed by atoms with van der Waals surface area (Å²) >= 11 is 6.08. The van der Waals surface area contributed by atoms with E-state index < -0.39 is 0 Å². The summed E-state index contributed by atoms with van der Waals surface area (Å²) in [6.45, 7) is 4.81. The van der Waals surface area contributed by atoms with Crippen molar-refractivity contribution in [3.05, 3.63) is 34.9 Å². The molecule has 1 aromatic rings. The Bertz CT molecular complexity index is 452. The molecule has 20 heavy (non-hydrogen) atoms. The normalized spacial score (nSPS) is 37.5. The smallest absolute Gasteiger partial charge is 0.0408 e. The first-order valence-corrected chi connectivity index (χ1v) is 8.51. The van der Waals surface area contributed by atoms with Crippen LogP contribution in [0, 0.1) is 11.8 Å². The van der Waals surface area contributed by atoms with Gasteiger partial charge in [-0.15, -0.1) is 0 Å².